The number of anilines is 3. The van der Waals surface area contributed by atoms with Gasteiger partial charge < -0.3 is 24.6 Å². The van der Waals surface area contributed by atoms with Crippen molar-refractivity contribution in [3.63, 3.8) is 0 Å². The van der Waals surface area contributed by atoms with E-state index in [1.54, 1.807) is 17.0 Å². The Morgan fingerprint density at radius 2 is 2.00 bits per heavy atom. The molecule has 4 aliphatic heterocycles. The van der Waals surface area contributed by atoms with Crippen LogP contribution >= 0.6 is 0 Å². The van der Waals surface area contributed by atoms with Crippen LogP contribution in [0.4, 0.5) is 30.9 Å². The van der Waals surface area contributed by atoms with Crippen LogP contribution in [0, 0.1) is 5.82 Å². The van der Waals surface area contributed by atoms with Gasteiger partial charge in [-0.2, -0.15) is 4.98 Å². The van der Waals surface area contributed by atoms with Crippen LogP contribution in [0.2, 0.25) is 0 Å². The van der Waals surface area contributed by atoms with Crippen LogP contribution in [-0.4, -0.2) is 93.3 Å². The molecular formula is C35H43F2N7O4. The summed E-state index contributed by atoms with van der Waals surface area (Å²) in [6.07, 6.45) is 5.46. The minimum Gasteiger partial charge on any atom is -0.461 e. The number of amides is 1. The largest absolute Gasteiger partial charge is 0.461 e. The van der Waals surface area contributed by atoms with Crippen LogP contribution in [0.25, 0.3) is 10.9 Å². The van der Waals surface area contributed by atoms with Crippen molar-refractivity contribution in [3.05, 3.63) is 41.3 Å². The molecule has 11 nitrogen and oxygen atoms in total. The van der Waals surface area contributed by atoms with E-state index in [4.69, 9.17) is 14.5 Å². The summed E-state index contributed by atoms with van der Waals surface area (Å²) in [6.45, 7) is 10.2. The van der Waals surface area contributed by atoms with Gasteiger partial charge >= 0.3 is 12.1 Å². The highest BCUT2D eigenvalue weighted by Crippen LogP contribution is 2.42. The van der Waals surface area contributed by atoms with E-state index in [1.807, 2.05) is 26.8 Å². The second-order valence-electron chi connectivity index (χ2n) is 14.6. The number of nitrogens with one attached hydrogen (secondary N) is 1. The lowest BCUT2D eigenvalue weighted by molar-refractivity contribution is 0.0225. The summed E-state index contributed by atoms with van der Waals surface area (Å²) in [7, 11) is 0. The lowest BCUT2D eigenvalue weighted by Gasteiger charge is -2.40. The number of aromatic nitrogens is 3. The van der Waals surface area contributed by atoms with Gasteiger partial charge in [0.15, 0.2) is 17.9 Å². The Labute approximate surface area is 279 Å². The molecule has 1 N–H and O–H groups in total. The molecule has 4 aliphatic rings. The first-order valence-corrected chi connectivity index (χ1v) is 17.0. The molecule has 2 aromatic heterocycles. The van der Waals surface area contributed by atoms with Crippen molar-refractivity contribution in [2.45, 2.75) is 95.6 Å². The molecule has 0 aliphatic carbocycles. The van der Waals surface area contributed by atoms with E-state index in [2.05, 4.69) is 32.0 Å². The van der Waals surface area contributed by atoms with Crippen molar-refractivity contribution in [1.29, 1.82) is 0 Å². The Morgan fingerprint density at radius 3 is 2.73 bits per heavy atom. The van der Waals surface area contributed by atoms with Crippen molar-refractivity contribution in [3.8, 4) is 6.01 Å². The van der Waals surface area contributed by atoms with Crippen molar-refractivity contribution in [2.75, 3.05) is 43.0 Å². The van der Waals surface area contributed by atoms with E-state index in [9.17, 15) is 14.0 Å². The van der Waals surface area contributed by atoms with Gasteiger partial charge in [-0.05, 0) is 78.0 Å². The van der Waals surface area contributed by atoms with Gasteiger partial charge in [-0.15, -0.1) is 0 Å². The number of alkyl halides is 1. The summed E-state index contributed by atoms with van der Waals surface area (Å²) in [5, 5.41) is 3.60. The Balaban J connectivity index is 1.25. The number of aldehydes is 1. The number of para-hydroxylation sites is 1. The van der Waals surface area contributed by atoms with Crippen molar-refractivity contribution < 1.29 is 27.8 Å². The third-order valence-corrected chi connectivity index (χ3v) is 10.2. The maximum atomic E-state index is 16.6. The molecule has 13 heteroatoms. The number of hydrogen-bond acceptors (Lipinski definition) is 10. The number of halogens is 2. The minimum absolute atomic E-state index is 0.0117. The SMILES string of the molecule is C[C@H]1CCN1c1nc(Nc2c(C=O)cccc2C2CCCN2C(=O)OC(C)(C)C)c(F)c2nc(OC[C@@]34CCCN3C[C@H](F)C4)ncc12. The summed E-state index contributed by atoms with van der Waals surface area (Å²) >= 11 is 0. The summed E-state index contributed by atoms with van der Waals surface area (Å²) in [5.74, 6) is -0.297. The first kappa shape index (κ1) is 32.4. The molecule has 6 heterocycles. The van der Waals surface area contributed by atoms with Crippen LogP contribution in [-0.2, 0) is 4.74 Å². The second-order valence-corrected chi connectivity index (χ2v) is 14.6. The zero-order valence-electron chi connectivity index (χ0n) is 28.0. The molecular weight excluding hydrogens is 620 g/mol. The number of pyridine rings is 1. The number of benzene rings is 1. The van der Waals surface area contributed by atoms with Crippen LogP contribution < -0.4 is 15.0 Å². The van der Waals surface area contributed by atoms with Crippen molar-refractivity contribution in [2.24, 2.45) is 0 Å². The average Bonchev–Trinajstić information content (AvgIpc) is 3.75. The highest BCUT2D eigenvalue weighted by molar-refractivity contribution is 5.94. The van der Waals surface area contributed by atoms with E-state index in [0.29, 0.717) is 60.2 Å². The lowest BCUT2D eigenvalue weighted by atomic mass is 9.95. The highest BCUT2D eigenvalue weighted by Gasteiger charge is 2.49. The van der Waals surface area contributed by atoms with Gasteiger partial charge in [-0.1, -0.05) is 12.1 Å². The maximum Gasteiger partial charge on any atom is 0.410 e. The third kappa shape index (κ3) is 5.90. The maximum absolute atomic E-state index is 16.6. The molecule has 7 rings (SSSR count). The number of ether oxygens (including phenoxy) is 2. The van der Waals surface area contributed by atoms with E-state index >= 15 is 4.39 Å². The molecule has 4 fully saturated rings. The molecule has 0 saturated carbocycles. The number of carbonyl (C=O) groups is 2. The van der Waals surface area contributed by atoms with Gasteiger partial charge in [-0.3, -0.25) is 9.69 Å². The topological polar surface area (TPSA) is 113 Å². The molecule has 256 valence electrons. The van der Waals surface area contributed by atoms with Crippen LogP contribution in [0.5, 0.6) is 6.01 Å². The molecule has 0 spiro atoms. The van der Waals surface area contributed by atoms with Gasteiger partial charge in [0, 0.05) is 43.9 Å². The van der Waals surface area contributed by atoms with Crippen LogP contribution in [0.3, 0.4) is 0 Å². The third-order valence-electron chi connectivity index (χ3n) is 10.2. The Bertz CT molecular complexity index is 1740. The fraction of sp³-hybridized carbons (Fsp3) is 0.571. The fourth-order valence-electron chi connectivity index (χ4n) is 7.73. The first-order valence-electron chi connectivity index (χ1n) is 17.0. The molecule has 48 heavy (non-hydrogen) atoms. The number of fused-ring (bicyclic) bond motifs is 2. The monoisotopic (exact) mass is 663 g/mol. The second kappa shape index (κ2) is 12.4. The zero-order chi connectivity index (χ0) is 33.8. The summed E-state index contributed by atoms with van der Waals surface area (Å²) in [5.41, 5.74) is 0.294. The summed E-state index contributed by atoms with van der Waals surface area (Å²) in [4.78, 5) is 45.1. The van der Waals surface area contributed by atoms with Gasteiger partial charge in [0.2, 0.25) is 0 Å². The standard InChI is InChI=1S/C35H43F2N7O4/c1-21-11-15-43(21)31-25-17-38-32(47-20-35-12-7-13-42(35)18-23(36)16-35)40-29(25)27(37)30(41-31)39-28-22(19-45)8-5-9-24(28)26-10-6-14-44(26)33(46)48-34(2,3)4/h5,8-9,17,19,21,23,26H,6-7,10-16,18,20H2,1-4H3,(H,39,41)/t21-,23+,26?,35-/m0/s1. The number of likely N-dealkylation sites (tertiary alicyclic amines) is 1. The number of hydrogen-bond donors (Lipinski definition) is 1. The highest BCUT2D eigenvalue weighted by atomic mass is 19.1. The summed E-state index contributed by atoms with van der Waals surface area (Å²) < 4.78 is 42.7. The molecule has 1 unspecified atom stereocenters. The molecule has 0 bridgehead atoms. The fourth-order valence-corrected chi connectivity index (χ4v) is 7.73. The Kier molecular flexibility index (Phi) is 8.37. The molecule has 3 aromatic rings. The summed E-state index contributed by atoms with van der Waals surface area (Å²) in [6, 6.07) is 5.04. The van der Waals surface area contributed by atoms with E-state index in [1.165, 1.54) is 6.20 Å². The quantitative estimate of drug-likeness (QED) is 0.274. The predicted octanol–water partition coefficient (Wildman–Crippen LogP) is 6.35. The molecule has 0 radical (unpaired) electrons. The minimum atomic E-state index is -0.899. The van der Waals surface area contributed by atoms with Crippen molar-refractivity contribution in [1.82, 2.24) is 24.8 Å². The number of carbonyl (C=O) groups excluding carboxylic acids is 2. The van der Waals surface area contributed by atoms with Gasteiger partial charge in [0.05, 0.1) is 22.7 Å². The molecule has 4 saturated heterocycles. The lowest BCUT2D eigenvalue weighted by Crippen LogP contribution is -2.46. The average molecular weight is 664 g/mol. The number of rotatable bonds is 8. The predicted molar refractivity (Wildman–Crippen MR) is 177 cm³/mol. The smallest absolute Gasteiger partial charge is 0.410 e. The van der Waals surface area contributed by atoms with Gasteiger partial charge in [-0.25, -0.2) is 23.5 Å². The molecule has 4 atom stereocenters. The van der Waals surface area contributed by atoms with Crippen molar-refractivity contribution >= 4 is 40.6 Å². The zero-order valence-corrected chi connectivity index (χ0v) is 28.0. The van der Waals surface area contributed by atoms with E-state index < -0.39 is 35.3 Å². The van der Waals surface area contributed by atoms with E-state index in [-0.39, 0.29) is 30.0 Å². The number of nitrogens with zero attached hydrogens (tertiary/aromatic N) is 6. The Hall–Kier alpha value is -4.13. The first-order chi connectivity index (χ1) is 23.0. The van der Waals surface area contributed by atoms with E-state index in [0.717, 1.165) is 38.8 Å². The molecule has 1 amide bonds. The normalized spacial score (nSPS) is 25.7. The van der Waals surface area contributed by atoms with Gasteiger partial charge in [0.25, 0.3) is 0 Å². The van der Waals surface area contributed by atoms with Gasteiger partial charge in [0.1, 0.15) is 29.7 Å². The molecule has 1 aromatic carbocycles. The van der Waals surface area contributed by atoms with Crippen LogP contribution in [0.1, 0.15) is 88.2 Å². The Morgan fingerprint density at radius 1 is 1.17 bits per heavy atom. The van der Waals surface area contributed by atoms with Crippen LogP contribution in [0.15, 0.2) is 24.4 Å².